The number of hydrogen-bond donors (Lipinski definition) is 1. The Labute approximate surface area is 75.9 Å². The van der Waals surface area contributed by atoms with Crippen molar-refractivity contribution in [2.24, 2.45) is 5.92 Å². The largest absolute Gasteiger partial charge is 0.481 e. The normalized spacial score (nSPS) is 11.4. The van der Waals surface area contributed by atoms with Crippen molar-refractivity contribution >= 4 is 11.9 Å². The molecule has 0 fully saturated rings. The number of carbonyl (C=O) groups excluding carboxylic acids is 1. The molecule has 0 saturated carbocycles. The van der Waals surface area contributed by atoms with Gasteiger partial charge < -0.3 is 9.84 Å². The molecule has 1 N–H and O–H groups in total. The Bertz CT molecular complexity index is 231. The number of nitriles is 1. The minimum absolute atomic E-state index is 0.160. The highest BCUT2D eigenvalue weighted by Gasteiger charge is 2.21. The van der Waals surface area contributed by atoms with Gasteiger partial charge in [-0.2, -0.15) is 5.26 Å². The molecule has 0 aromatic carbocycles. The van der Waals surface area contributed by atoms with Crippen LogP contribution in [0.3, 0.4) is 0 Å². The maximum absolute atomic E-state index is 11.0. The van der Waals surface area contributed by atoms with Crippen molar-refractivity contribution < 1.29 is 19.4 Å². The monoisotopic (exact) mass is 185 g/mol. The standard InChI is InChI=1S/C8H11NO4/c1-13-8(12)6(3-2-4-9)5-7(10)11/h6H,2-3,5H2,1H3,(H,10,11). The van der Waals surface area contributed by atoms with E-state index < -0.39 is 17.9 Å². The zero-order valence-electron chi connectivity index (χ0n) is 7.32. The van der Waals surface area contributed by atoms with Crippen LogP contribution < -0.4 is 0 Å². The fourth-order valence-corrected chi connectivity index (χ4v) is 0.919. The number of carboxylic acids is 1. The summed E-state index contributed by atoms with van der Waals surface area (Å²) in [5.74, 6) is -2.34. The lowest BCUT2D eigenvalue weighted by atomic mass is 10.0. The Kier molecular flexibility index (Phi) is 5.28. The molecule has 0 heterocycles. The summed E-state index contributed by atoms with van der Waals surface area (Å²) in [6.07, 6.45) is 0.108. The van der Waals surface area contributed by atoms with Gasteiger partial charge in [0.2, 0.25) is 0 Å². The average Bonchev–Trinajstić information content (AvgIpc) is 2.10. The molecule has 1 unspecified atom stereocenters. The smallest absolute Gasteiger partial charge is 0.309 e. The molecule has 0 aromatic heterocycles. The lowest BCUT2D eigenvalue weighted by molar-refractivity contribution is -0.150. The molecule has 0 aliphatic rings. The maximum Gasteiger partial charge on any atom is 0.309 e. The fourth-order valence-electron chi connectivity index (χ4n) is 0.919. The van der Waals surface area contributed by atoms with Crippen LogP contribution in [-0.2, 0) is 14.3 Å². The van der Waals surface area contributed by atoms with Crippen LogP contribution in [0.4, 0.5) is 0 Å². The Balaban J connectivity index is 4.11. The number of hydrogen-bond acceptors (Lipinski definition) is 4. The zero-order valence-corrected chi connectivity index (χ0v) is 7.32. The van der Waals surface area contributed by atoms with Crippen LogP contribution in [0.15, 0.2) is 0 Å². The molecule has 0 aliphatic heterocycles. The number of ether oxygens (including phenoxy) is 1. The van der Waals surface area contributed by atoms with Gasteiger partial charge in [-0.05, 0) is 6.42 Å². The van der Waals surface area contributed by atoms with Crippen molar-refractivity contribution in [3.63, 3.8) is 0 Å². The maximum atomic E-state index is 11.0. The van der Waals surface area contributed by atoms with Gasteiger partial charge in [0.05, 0.1) is 25.5 Å². The average molecular weight is 185 g/mol. The molecule has 5 heteroatoms. The number of carboxylic acid groups (broad SMARTS) is 1. The van der Waals surface area contributed by atoms with Crippen LogP contribution in [-0.4, -0.2) is 24.2 Å². The zero-order chi connectivity index (χ0) is 10.3. The van der Waals surface area contributed by atoms with Crippen molar-refractivity contribution in [1.29, 1.82) is 5.26 Å². The summed E-state index contributed by atoms with van der Waals surface area (Å²) >= 11 is 0. The van der Waals surface area contributed by atoms with Gasteiger partial charge >= 0.3 is 11.9 Å². The van der Waals surface area contributed by atoms with Crippen LogP contribution in [0.1, 0.15) is 19.3 Å². The van der Waals surface area contributed by atoms with Crippen molar-refractivity contribution in [1.82, 2.24) is 0 Å². The van der Waals surface area contributed by atoms with Gasteiger partial charge in [0.25, 0.3) is 0 Å². The van der Waals surface area contributed by atoms with E-state index in [0.717, 1.165) is 0 Å². The molecule has 13 heavy (non-hydrogen) atoms. The van der Waals surface area contributed by atoms with E-state index in [0.29, 0.717) is 0 Å². The Hall–Kier alpha value is -1.57. The van der Waals surface area contributed by atoms with E-state index in [2.05, 4.69) is 4.74 Å². The van der Waals surface area contributed by atoms with Crippen LogP contribution >= 0.6 is 0 Å². The fraction of sp³-hybridized carbons (Fsp3) is 0.625. The number of methoxy groups -OCH3 is 1. The predicted octanol–water partition coefficient (Wildman–Crippen LogP) is 0.554. The molecule has 72 valence electrons. The topological polar surface area (TPSA) is 87.4 Å². The van der Waals surface area contributed by atoms with Crippen molar-refractivity contribution in [2.75, 3.05) is 7.11 Å². The second-order valence-electron chi connectivity index (χ2n) is 2.51. The minimum atomic E-state index is -1.06. The molecule has 0 aliphatic carbocycles. The van der Waals surface area contributed by atoms with Gasteiger partial charge in [-0.25, -0.2) is 0 Å². The quantitative estimate of drug-likeness (QED) is 0.632. The van der Waals surface area contributed by atoms with Gasteiger partial charge in [-0.1, -0.05) is 0 Å². The SMILES string of the molecule is COC(=O)C(CCC#N)CC(=O)O. The molecule has 0 bridgehead atoms. The highest BCUT2D eigenvalue weighted by atomic mass is 16.5. The summed E-state index contributed by atoms with van der Waals surface area (Å²) in [6.45, 7) is 0. The van der Waals surface area contributed by atoms with E-state index in [1.807, 2.05) is 6.07 Å². The van der Waals surface area contributed by atoms with Gasteiger partial charge in [-0.3, -0.25) is 9.59 Å². The van der Waals surface area contributed by atoms with E-state index in [-0.39, 0.29) is 19.3 Å². The van der Waals surface area contributed by atoms with Gasteiger partial charge in [0.1, 0.15) is 0 Å². The Morgan fingerprint density at radius 1 is 1.62 bits per heavy atom. The third-order valence-corrected chi connectivity index (χ3v) is 1.56. The van der Waals surface area contributed by atoms with Gasteiger partial charge in [-0.15, -0.1) is 0 Å². The molecule has 0 saturated heterocycles. The van der Waals surface area contributed by atoms with Crippen molar-refractivity contribution in [3.05, 3.63) is 0 Å². The minimum Gasteiger partial charge on any atom is -0.481 e. The molecule has 0 radical (unpaired) electrons. The first-order chi connectivity index (χ1) is 6.11. The van der Waals surface area contributed by atoms with E-state index in [1.165, 1.54) is 7.11 Å². The third kappa shape index (κ3) is 4.80. The summed E-state index contributed by atoms with van der Waals surface area (Å²) < 4.78 is 4.40. The predicted molar refractivity (Wildman–Crippen MR) is 42.6 cm³/mol. The van der Waals surface area contributed by atoms with Crippen molar-refractivity contribution in [2.45, 2.75) is 19.3 Å². The summed E-state index contributed by atoms with van der Waals surface area (Å²) in [4.78, 5) is 21.3. The lowest BCUT2D eigenvalue weighted by Crippen LogP contribution is -2.19. The third-order valence-electron chi connectivity index (χ3n) is 1.56. The van der Waals surface area contributed by atoms with Crippen LogP contribution in [0, 0.1) is 17.2 Å². The Morgan fingerprint density at radius 2 is 2.23 bits per heavy atom. The Morgan fingerprint density at radius 3 is 2.62 bits per heavy atom. The second-order valence-corrected chi connectivity index (χ2v) is 2.51. The molecular formula is C8H11NO4. The van der Waals surface area contributed by atoms with E-state index in [9.17, 15) is 9.59 Å². The van der Waals surface area contributed by atoms with E-state index in [1.54, 1.807) is 0 Å². The molecule has 1 atom stereocenters. The first kappa shape index (κ1) is 11.4. The summed E-state index contributed by atoms with van der Waals surface area (Å²) in [5.41, 5.74) is 0. The first-order valence-electron chi connectivity index (χ1n) is 3.78. The molecule has 5 nitrogen and oxygen atoms in total. The number of rotatable bonds is 5. The highest BCUT2D eigenvalue weighted by molar-refractivity contribution is 5.78. The lowest BCUT2D eigenvalue weighted by Gasteiger charge is -2.09. The number of nitrogens with zero attached hydrogens (tertiary/aromatic N) is 1. The second kappa shape index (κ2) is 6.00. The molecular weight excluding hydrogens is 174 g/mol. The summed E-state index contributed by atoms with van der Waals surface area (Å²) in [5, 5.41) is 16.7. The highest BCUT2D eigenvalue weighted by Crippen LogP contribution is 2.12. The number of carbonyl (C=O) groups is 2. The molecule has 0 aromatic rings. The molecule has 0 amide bonds. The summed E-state index contributed by atoms with van der Waals surface area (Å²) in [6, 6.07) is 1.85. The van der Waals surface area contributed by atoms with Crippen LogP contribution in [0.2, 0.25) is 0 Å². The number of esters is 1. The number of aliphatic carboxylic acids is 1. The van der Waals surface area contributed by atoms with Gasteiger partial charge in [0, 0.05) is 6.42 Å². The van der Waals surface area contributed by atoms with E-state index in [4.69, 9.17) is 10.4 Å². The summed E-state index contributed by atoms with van der Waals surface area (Å²) in [7, 11) is 1.20. The van der Waals surface area contributed by atoms with Crippen LogP contribution in [0.5, 0.6) is 0 Å². The first-order valence-corrected chi connectivity index (χ1v) is 3.78. The molecule has 0 spiro atoms. The van der Waals surface area contributed by atoms with E-state index >= 15 is 0 Å². The molecule has 0 rings (SSSR count). The van der Waals surface area contributed by atoms with Gasteiger partial charge in [0.15, 0.2) is 0 Å². The van der Waals surface area contributed by atoms with Crippen molar-refractivity contribution in [3.8, 4) is 6.07 Å². The van der Waals surface area contributed by atoms with Crippen LogP contribution in [0.25, 0.3) is 0 Å².